The van der Waals surface area contributed by atoms with E-state index in [0.29, 0.717) is 11.3 Å². The largest absolute Gasteiger partial charge is 0.324 e. The highest BCUT2D eigenvalue weighted by Crippen LogP contribution is 2.31. The van der Waals surface area contributed by atoms with Gasteiger partial charge in [-0.1, -0.05) is 36.4 Å². The number of nitrogens with zero attached hydrogens (tertiary/aromatic N) is 2. The topological polar surface area (TPSA) is 46.4 Å². The molecule has 4 rings (SSSR count). The van der Waals surface area contributed by atoms with Crippen LogP contribution in [0.5, 0.6) is 0 Å². The van der Waals surface area contributed by atoms with Gasteiger partial charge in [-0.2, -0.15) is 0 Å². The first-order valence-corrected chi connectivity index (χ1v) is 9.26. The van der Waals surface area contributed by atoms with Crippen molar-refractivity contribution in [1.29, 1.82) is 0 Å². The SMILES string of the molecule is Cc1cccn2c(C(CC(=O)Nc3ccccc3F)c3ccccc3F)cnc12. The van der Waals surface area contributed by atoms with Gasteiger partial charge in [0.2, 0.25) is 5.91 Å². The van der Waals surface area contributed by atoms with E-state index in [2.05, 4.69) is 10.3 Å². The molecular formula is C23H19F2N3O. The molecule has 4 nitrogen and oxygen atoms in total. The summed E-state index contributed by atoms with van der Waals surface area (Å²) in [5, 5.41) is 2.59. The molecule has 2 aromatic carbocycles. The zero-order valence-electron chi connectivity index (χ0n) is 15.8. The van der Waals surface area contributed by atoms with E-state index >= 15 is 0 Å². The van der Waals surface area contributed by atoms with Crippen molar-refractivity contribution in [2.24, 2.45) is 0 Å². The Kier molecular flexibility index (Phi) is 5.08. The maximum Gasteiger partial charge on any atom is 0.225 e. The summed E-state index contributed by atoms with van der Waals surface area (Å²) in [6.45, 7) is 1.94. The van der Waals surface area contributed by atoms with E-state index in [9.17, 15) is 13.6 Å². The average molecular weight is 391 g/mol. The Balaban J connectivity index is 1.73. The Labute approximate surface area is 166 Å². The van der Waals surface area contributed by atoms with Crippen molar-refractivity contribution in [3.63, 3.8) is 0 Å². The molecule has 1 atom stereocenters. The van der Waals surface area contributed by atoms with E-state index in [-0.39, 0.29) is 12.1 Å². The van der Waals surface area contributed by atoms with Gasteiger partial charge in [0.15, 0.2) is 0 Å². The van der Waals surface area contributed by atoms with Gasteiger partial charge in [-0.3, -0.25) is 4.79 Å². The van der Waals surface area contributed by atoms with Crippen molar-refractivity contribution < 1.29 is 13.6 Å². The van der Waals surface area contributed by atoms with Gasteiger partial charge in [-0.15, -0.1) is 0 Å². The van der Waals surface area contributed by atoms with Crippen LogP contribution in [-0.4, -0.2) is 15.3 Å². The Hall–Kier alpha value is -3.54. The van der Waals surface area contributed by atoms with Crippen molar-refractivity contribution in [2.45, 2.75) is 19.3 Å². The predicted molar refractivity (Wildman–Crippen MR) is 108 cm³/mol. The first-order chi connectivity index (χ1) is 14.0. The molecule has 29 heavy (non-hydrogen) atoms. The molecule has 146 valence electrons. The maximum absolute atomic E-state index is 14.6. The molecule has 0 bridgehead atoms. The number of carbonyl (C=O) groups excluding carboxylic acids is 1. The first-order valence-electron chi connectivity index (χ1n) is 9.26. The molecule has 0 radical (unpaired) electrons. The van der Waals surface area contributed by atoms with Crippen LogP contribution in [0.15, 0.2) is 73.1 Å². The lowest BCUT2D eigenvalue weighted by atomic mass is 9.91. The summed E-state index contributed by atoms with van der Waals surface area (Å²) in [6, 6.07) is 16.1. The summed E-state index contributed by atoms with van der Waals surface area (Å²) < 4.78 is 30.4. The number of aromatic nitrogens is 2. The molecular weight excluding hydrogens is 372 g/mol. The van der Waals surface area contributed by atoms with E-state index in [1.54, 1.807) is 36.5 Å². The van der Waals surface area contributed by atoms with Crippen molar-refractivity contribution in [2.75, 3.05) is 5.32 Å². The van der Waals surface area contributed by atoms with Crippen LogP contribution in [0.4, 0.5) is 14.5 Å². The van der Waals surface area contributed by atoms with Crippen LogP contribution in [0.3, 0.4) is 0 Å². The van der Waals surface area contributed by atoms with Crippen LogP contribution in [0.2, 0.25) is 0 Å². The van der Waals surface area contributed by atoms with Crippen LogP contribution >= 0.6 is 0 Å². The minimum absolute atomic E-state index is 0.0585. The molecule has 0 saturated carbocycles. The lowest BCUT2D eigenvalue weighted by Crippen LogP contribution is -2.18. The Morgan fingerprint density at radius 3 is 2.52 bits per heavy atom. The lowest BCUT2D eigenvalue weighted by molar-refractivity contribution is -0.116. The molecule has 6 heteroatoms. The van der Waals surface area contributed by atoms with Crippen LogP contribution in [0.1, 0.15) is 29.2 Å². The fourth-order valence-corrected chi connectivity index (χ4v) is 3.51. The van der Waals surface area contributed by atoms with Gasteiger partial charge < -0.3 is 9.72 Å². The monoisotopic (exact) mass is 391 g/mol. The van der Waals surface area contributed by atoms with Gasteiger partial charge in [0.1, 0.15) is 17.3 Å². The van der Waals surface area contributed by atoms with Crippen LogP contribution in [0.25, 0.3) is 5.65 Å². The smallest absolute Gasteiger partial charge is 0.225 e. The first kappa shape index (κ1) is 18.8. The second-order valence-corrected chi connectivity index (χ2v) is 6.87. The molecule has 0 saturated heterocycles. The number of para-hydroxylation sites is 1. The zero-order valence-corrected chi connectivity index (χ0v) is 15.8. The van der Waals surface area contributed by atoms with Gasteiger partial charge in [0.05, 0.1) is 11.4 Å². The number of fused-ring (bicyclic) bond motifs is 1. The van der Waals surface area contributed by atoms with Crippen LogP contribution in [-0.2, 0) is 4.79 Å². The molecule has 2 heterocycles. The van der Waals surface area contributed by atoms with Gasteiger partial charge in [0, 0.05) is 24.7 Å². The molecule has 0 spiro atoms. The predicted octanol–water partition coefficient (Wildman–Crippen LogP) is 5.08. The number of imidazole rings is 1. The second-order valence-electron chi connectivity index (χ2n) is 6.87. The number of rotatable bonds is 5. The fraction of sp³-hybridized carbons (Fsp3) is 0.130. The van der Waals surface area contributed by atoms with Crippen molar-refractivity contribution in [1.82, 2.24) is 9.38 Å². The Bertz CT molecular complexity index is 1190. The minimum atomic E-state index is -0.584. The van der Waals surface area contributed by atoms with E-state index in [0.717, 1.165) is 11.2 Å². The van der Waals surface area contributed by atoms with E-state index < -0.39 is 23.5 Å². The highest BCUT2D eigenvalue weighted by Gasteiger charge is 2.25. The molecule has 1 unspecified atom stereocenters. The van der Waals surface area contributed by atoms with Gasteiger partial charge in [-0.25, -0.2) is 13.8 Å². The van der Waals surface area contributed by atoms with Gasteiger partial charge in [0.25, 0.3) is 0 Å². The number of nitrogens with one attached hydrogen (secondary N) is 1. The number of hydrogen-bond donors (Lipinski definition) is 1. The summed E-state index contributed by atoms with van der Waals surface area (Å²) in [7, 11) is 0. The number of benzene rings is 2. The fourth-order valence-electron chi connectivity index (χ4n) is 3.51. The molecule has 2 aromatic heterocycles. The quantitative estimate of drug-likeness (QED) is 0.516. The highest BCUT2D eigenvalue weighted by atomic mass is 19.1. The van der Waals surface area contributed by atoms with Crippen molar-refractivity contribution in [3.05, 3.63) is 102 Å². The normalized spacial score (nSPS) is 12.1. The third-order valence-electron chi connectivity index (χ3n) is 4.93. The standard InChI is InChI=1S/C23H19F2N3O/c1-15-7-6-12-28-21(14-26-23(15)28)17(16-8-2-3-9-18(16)24)13-22(29)27-20-11-5-4-10-19(20)25/h2-12,14,17H,13H2,1H3,(H,27,29). The number of anilines is 1. The maximum atomic E-state index is 14.6. The number of amides is 1. The van der Waals surface area contributed by atoms with Crippen LogP contribution < -0.4 is 5.32 Å². The third kappa shape index (κ3) is 3.74. The molecule has 0 aliphatic heterocycles. The number of carbonyl (C=O) groups is 1. The summed E-state index contributed by atoms with van der Waals surface area (Å²) in [6.07, 6.45) is 3.44. The summed E-state index contributed by atoms with van der Waals surface area (Å²) >= 11 is 0. The molecule has 1 amide bonds. The summed E-state index contributed by atoms with van der Waals surface area (Å²) in [4.78, 5) is 17.2. The van der Waals surface area contributed by atoms with Crippen molar-refractivity contribution in [3.8, 4) is 0 Å². The zero-order chi connectivity index (χ0) is 20.4. The van der Waals surface area contributed by atoms with E-state index in [1.165, 1.54) is 18.2 Å². The summed E-state index contributed by atoms with van der Waals surface area (Å²) in [5.41, 5.74) is 2.90. The number of aryl methyl sites for hydroxylation is 1. The number of pyridine rings is 1. The minimum Gasteiger partial charge on any atom is -0.324 e. The Morgan fingerprint density at radius 2 is 1.76 bits per heavy atom. The highest BCUT2D eigenvalue weighted by molar-refractivity contribution is 5.91. The van der Waals surface area contributed by atoms with Crippen LogP contribution in [0, 0.1) is 18.6 Å². The number of halogens is 2. The second kappa shape index (κ2) is 7.83. The number of hydrogen-bond acceptors (Lipinski definition) is 2. The summed E-state index contributed by atoms with van der Waals surface area (Å²) in [5.74, 6) is -1.92. The molecule has 1 N–H and O–H groups in total. The van der Waals surface area contributed by atoms with E-state index in [4.69, 9.17) is 0 Å². The lowest BCUT2D eigenvalue weighted by Gasteiger charge is -2.18. The van der Waals surface area contributed by atoms with Crippen molar-refractivity contribution >= 4 is 17.2 Å². The average Bonchev–Trinajstić information content (AvgIpc) is 3.14. The Morgan fingerprint density at radius 1 is 1.03 bits per heavy atom. The third-order valence-corrected chi connectivity index (χ3v) is 4.93. The molecule has 0 aliphatic rings. The molecule has 4 aromatic rings. The molecule has 0 fully saturated rings. The molecule has 0 aliphatic carbocycles. The van der Waals surface area contributed by atoms with E-state index in [1.807, 2.05) is 29.7 Å². The van der Waals surface area contributed by atoms with Gasteiger partial charge in [-0.05, 0) is 42.3 Å². The van der Waals surface area contributed by atoms with Gasteiger partial charge >= 0.3 is 0 Å².